The Labute approximate surface area is 174 Å². The van der Waals surface area contributed by atoms with Gasteiger partial charge in [0.1, 0.15) is 5.82 Å². The third-order valence-corrected chi connectivity index (χ3v) is 4.41. The first-order valence-electron chi connectivity index (χ1n) is 7.75. The molecule has 0 spiro atoms. The Kier molecular flexibility index (Phi) is 10.2. The number of thioether (sulfide) groups is 1. The minimum Gasteiger partial charge on any atom is -0.493 e. The van der Waals surface area contributed by atoms with Gasteiger partial charge in [0.2, 0.25) is 0 Å². The van der Waals surface area contributed by atoms with E-state index in [4.69, 9.17) is 9.47 Å². The van der Waals surface area contributed by atoms with Crippen molar-refractivity contribution < 1.29 is 13.9 Å². The fraction of sp³-hybridized carbons (Fsp3) is 0.278. The number of benzene rings is 2. The number of hydrogen-bond donors (Lipinski definition) is 2. The van der Waals surface area contributed by atoms with Gasteiger partial charge in [-0.05, 0) is 24.3 Å². The maximum atomic E-state index is 13.6. The van der Waals surface area contributed by atoms with Crippen LogP contribution < -0.4 is 20.1 Å². The van der Waals surface area contributed by atoms with Gasteiger partial charge in [0, 0.05) is 36.0 Å². The predicted molar refractivity (Wildman–Crippen MR) is 117 cm³/mol. The smallest absolute Gasteiger partial charge is 0.195 e. The Hall–Kier alpha value is -1.68. The minimum atomic E-state index is -0.194. The molecule has 0 aliphatic heterocycles. The highest BCUT2D eigenvalue weighted by Crippen LogP contribution is 2.29. The van der Waals surface area contributed by atoms with E-state index in [-0.39, 0.29) is 29.8 Å². The molecule has 0 atom stereocenters. The van der Waals surface area contributed by atoms with Gasteiger partial charge in [0.15, 0.2) is 17.5 Å². The zero-order valence-corrected chi connectivity index (χ0v) is 18.1. The lowest BCUT2D eigenvalue weighted by Crippen LogP contribution is -2.32. The second-order valence-electron chi connectivity index (χ2n) is 4.97. The van der Waals surface area contributed by atoms with E-state index in [1.807, 2.05) is 24.3 Å². The number of aliphatic imine (C=N–C) groups is 1. The van der Waals surface area contributed by atoms with Crippen molar-refractivity contribution >= 4 is 47.4 Å². The summed E-state index contributed by atoms with van der Waals surface area (Å²) in [5.41, 5.74) is 0.826. The fourth-order valence-electron chi connectivity index (χ4n) is 2.12. The standard InChI is InChI=1S/C18H22FN3O2S.HI/c1-20-18(21-10-11-25-17-7-5-4-6-14(17)19)22-13-8-9-15(23-2)16(12-13)24-3;/h4-9,12H,10-11H2,1-3H3,(H2,20,21,22);1H. The van der Waals surface area contributed by atoms with Crippen LogP contribution >= 0.6 is 35.7 Å². The largest absolute Gasteiger partial charge is 0.493 e. The zero-order valence-electron chi connectivity index (χ0n) is 14.9. The summed E-state index contributed by atoms with van der Waals surface area (Å²) < 4.78 is 24.1. The molecule has 0 bridgehead atoms. The van der Waals surface area contributed by atoms with E-state index in [2.05, 4.69) is 15.6 Å². The van der Waals surface area contributed by atoms with Crippen molar-refractivity contribution in [2.24, 2.45) is 4.99 Å². The summed E-state index contributed by atoms with van der Waals surface area (Å²) in [6.07, 6.45) is 0. The average Bonchev–Trinajstić information content (AvgIpc) is 2.65. The first kappa shape index (κ1) is 22.4. The predicted octanol–water partition coefficient (Wildman–Crippen LogP) is 4.24. The SMILES string of the molecule is CN=C(NCCSc1ccccc1F)Nc1ccc(OC)c(OC)c1.I. The van der Waals surface area contributed by atoms with Gasteiger partial charge in [-0.3, -0.25) is 4.99 Å². The number of nitrogens with one attached hydrogen (secondary N) is 2. The van der Waals surface area contributed by atoms with Crippen molar-refractivity contribution in [2.75, 3.05) is 38.9 Å². The second kappa shape index (κ2) is 11.8. The number of hydrogen-bond acceptors (Lipinski definition) is 4. The van der Waals surface area contributed by atoms with Gasteiger partial charge in [-0.2, -0.15) is 0 Å². The Morgan fingerprint density at radius 1 is 1.12 bits per heavy atom. The van der Waals surface area contributed by atoms with Gasteiger partial charge in [0.25, 0.3) is 0 Å². The van der Waals surface area contributed by atoms with Crippen LogP contribution in [0.4, 0.5) is 10.1 Å². The highest BCUT2D eigenvalue weighted by molar-refractivity contribution is 14.0. The molecule has 0 saturated carbocycles. The number of methoxy groups -OCH3 is 2. The third-order valence-electron chi connectivity index (χ3n) is 3.36. The molecular weight excluding hydrogens is 468 g/mol. The number of anilines is 1. The fourth-order valence-corrected chi connectivity index (χ4v) is 2.93. The monoisotopic (exact) mass is 491 g/mol. The number of nitrogens with zero attached hydrogens (tertiary/aromatic N) is 1. The molecule has 0 radical (unpaired) electrons. The molecule has 0 heterocycles. The van der Waals surface area contributed by atoms with Gasteiger partial charge in [-0.15, -0.1) is 35.7 Å². The summed E-state index contributed by atoms with van der Waals surface area (Å²) in [6.45, 7) is 0.645. The molecule has 2 aromatic rings. The highest BCUT2D eigenvalue weighted by atomic mass is 127. The molecule has 8 heteroatoms. The maximum absolute atomic E-state index is 13.6. The van der Waals surface area contributed by atoms with Gasteiger partial charge in [0.05, 0.1) is 14.2 Å². The number of rotatable bonds is 7. The maximum Gasteiger partial charge on any atom is 0.195 e. The average molecular weight is 491 g/mol. The van der Waals surface area contributed by atoms with E-state index in [9.17, 15) is 4.39 Å². The van der Waals surface area contributed by atoms with Gasteiger partial charge >= 0.3 is 0 Å². The molecule has 0 saturated heterocycles. The Morgan fingerprint density at radius 3 is 2.50 bits per heavy atom. The second-order valence-corrected chi connectivity index (χ2v) is 6.11. The van der Waals surface area contributed by atoms with Crippen molar-refractivity contribution in [3.63, 3.8) is 0 Å². The van der Waals surface area contributed by atoms with Crippen LogP contribution in [0.15, 0.2) is 52.4 Å². The van der Waals surface area contributed by atoms with E-state index in [0.29, 0.717) is 34.7 Å². The first-order chi connectivity index (χ1) is 12.2. The third kappa shape index (κ3) is 6.56. The van der Waals surface area contributed by atoms with Crippen LogP contribution in [0.5, 0.6) is 11.5 Å². The van der Waals surface area contributed by atoms with Crippen LogP contribution in [0.1, 0.15) is 0 Å². The molecule has 2 N–H and O–H groups in total. The highest BCUT2D eigenvalue weighted by Gasteiger charge is 2.06. The minimum absolute atomic E-state index is 0. The van der Waals surface area contributed by atoms with Crippen LogP contribution in [-0.2, 0) is 0 Å². The first-order valence-corrected chi connectivity index (χ1v) is 8.73. The number of guanidine groups is 1. The molecule has 2 aromatic carbocycles. The van der Waals surface area contributed by atoms with Crippen molar-refractivity contribution in [1.29, 1.82) is 0 Å². The molecule has 0 amide bonds. The normalized spacial score (nSPS) is 10.7. The zero-order chi connectivity index (χ0) is 18.1. The lowest BCUT2D eigenvalue weighted by atomic mass is 10.3. The van der Waals surface area contributed by atoms with Crippen molar-refractivity contribution in [2.45, 2.75) is 4.90 Å². The number of ether oxygens (including phenoxy) is 2. The van der Waals surface area contributed by atoms with Crippen molar-refractivity contribution in [3.8, 4) is 11.5 Å². The van der Waals surface area contributed by atoms with E-state index in [1.54, 1.807) is 33.4 Å². The van der Waals surface area contributed by atoms with Gasteiger partial charge in [-0.1, -0.05) is 12.1 Å². The van der Waals surface area contributed by atoms with Crippen LogP contribution in [-0.4, -0.2) is 39.5 Å². The molecular formula is C18H23FIN3O2S. The van der Waals surface area contributed by atoms with Crippen LogP contribution in [0, 0.1) is 5.82 Å². The lowest BCUT2D eigenvalue weighted by Gasteiger charge is -2.14. The number of halogens is 2. The van der Waals surface area contributed by atoms with E-state index < -0.39 is 0 Å². The summed E-state index contributed by atoms with van der Waals surface area (Å²) in [4.78, 5) is 4.83. The molecule has 0 fully saturated rings. The topological polar surface area (TPSA) is 54.9 Å². The van der Waals surface area contributed by atoms with E-state index in [1.165, 1.54) is 17.8 Å². The molecule has 142 valence electrons. The van der Waals surface area contributed by atoms with Gasteiger partial charge < -0.3 is 20.1 Å². The molecule has 5 nitrogen and oxygen atoms in total. The summed E-state index contributed by atoms with van der Waals surface area (Å²) in [6, 6.07) is 12.3. The Balaban J connectivity index is 0.00000338. The Morgan fingerprint density at radius 2 is 1.85 bits per heavy atom. The van der Waals surface area contributed by atoms with Crippen LogP contribution in [0.3, 0.4) is 0 Å². The molecule has 0 aromatic heterocycles. The van der Waals surface area contributed by atoms with Gasteiger partial charge in [-0.25, -0.2) is 4.39 Å². The lowest BCUT2D eigenvalue weighted by molar-refractivity contribution is 0.355. The summed E-state index contributed by atoms with van der Waals surface area (Å²) >= 11 is 1.46. The molecule has 26 heavy (non-hydrogen) atoms. The molecule has 2 rings (SSSR count). The summed E-state index contributed by atoms with van der Waals surface area (Å²) in [7, 11) is 4.88. The summed E-state index contributed by atoms with van der Waals surface area (Å²) in [5, 5.41) is 6.38. The molecule has 0 aliphatic rings. The molecule has 0 aliphatic carbocycles. The van der Waals surface area contributed by atoms with Crippen LogP contribution in [0.25, 0.3) is 0 Å². The van der Waals surface area contributed by atoms with Crippen molar-refractivity contribution in [3.05, 3.63) is 48.3 Å². The van der Waals surface area contributed by atoms with E-state index in [0.717, 1.165) is 5.69 Å². The van der Waals surface area contributed by atoms with Crippen molar-refractivity contribution in [1.82, 2.24) is 5.32 Å². The quantitative estimate of drug-likeness (QED) is 0.200. The summed E-state index contributed by atoms with van der Waals surface area (Å²) in [5.74, 6) is 2.45. The molecule has 0 unspecified atom stereocenters. The Bertz CT molecular complexity index is 731. The van der Waals surface area contributed by atoms with Crippen LogP contribution in [0.2, 0.25) is 0 Å². The van der Waals surface area contributed by atoms with E-state index >= 15 is 0 Å².